The fourth-order valence-corrected chi connectivity index (χ4v) is 4.58. The average Bonchev–Trinajstić information content (AvgIpc) is 2.93. The van der Waals surface area contributed by atoms with E-state index >= 15 is 0 Å². The molecule has 196 valence electrons. The molecule has 2 saturated heterocycles. The van der Waals surface area contributed by atoms with Crippen molar-refractivity contribution in [1.82, 2.24) is 19.9 Å². The van der Waals surface area contributed by atoms with Crippen molar-refractivity contribution in [3.8, 4) is 11.3 Å². The van der Waals surface area contributed by atoms with Crippen molar-refractivity contribution in [3.63, 3.8) is 0 Å². The Morgan fingerprint density at radius 1 is 0.838 bits per heavy atom. The third-order valence-corrected chi connectivity index (χ3v) is 6.66. The van der Waals surface area contributed by atoms with Crippen LogP contribution in [0.15, 0.2) is 42.7 Å². The van der Waals surface area contributed by atoms with Crippen LogP contribution in [0.4, 0.5) is 30.8 Å². The zero-order valence-corrected chi connectivity index (χ0v) is 20.9. The van der Waals surface area contributed by atoms with E-state index in [9.17, 15) is 13.2 Å². The number of pyridine rings is 2. The van der Waals surface area contributed by atoms with Gasteiger partial charge in [0.1, 0.15) is 11.6 Å². The van der Waals surface area contributed by atoms with E-state index in [2.05, 4.69) is 39.7 Å². The van der Waals surface area contributed by atoms with Crippen molar-refractivity contribution >= 4 is 17.6 Å². The molecule has 0 amide bonds. The number of piperazine rings is 1. The lowest BCUT2D eigenvalue weighted by molar-refractivity contribution is -0.137. The van der Waals surface area contributed by atoms with Crippen LogP contribution in [-0.2, 0) is 10.9 Å². The first-order chi connectivity index (χ1) is 17.8. The predicted molar refractivity (Wildman–Crippen MR) is 136 cm³/mol. The fraction of sp³-hybridized carbons (Fsp3) is 0.462. The summed E-state index contributed by atoms with van der Waals surface area (Å²) in [6, 6.07) is 8.36. The van der Waals surface area contributed by atoms with E-state index in [1.54, 1.807) is 11.1 Å². The van der Waals surface area contributed by atoms with Gasteiger partial charge in [-0.25, -0.2) is 9.97 Å². The number of rotatable bonds is 5. The van der Waals surface area contributed by atoms with E-state index < -0.39 is 11.7 Å². The second kappa shape index (κ2) is 10.5. The summed E-state index contributed by atoms with van der Waals surface area (Å²) in [5.74, 6) is 1.64. The second-order valence-corrected chi connectivity index (χ2v) is 9.48. The fourth-order valence-electron chi connectivity index (χ4n) is 4.58. The van der Waals surface area contributed by atoms with Crippen LogP contribution in [0.1, 0.15) is 31.0 Å². The number of halogens is 3. The van der Waals surface area contributed by atoms with Gasteiger partial charge in [0, 0.05) is 69.0 Å². The number of hydrogen-bond acceptors (Lipinski definition) is 8. The van der Waals surface area contributed by atoms with Crippen LogP contribution in [0.25, 0.3) is 11.3 Å². The molecular weight excluding hydrogens is 483 g/mol. The van der Waals surface area contributed by atoms with E-state index in [0.717, 1.165) is 28.8 Å². The molecule has 37 heavy (non-hydrogen) atoms. The summed E-state index contributed by atoms with van der Waals surface area (Å²) < 4.78 is 46.1. The molecule has 0 radical (unpaired) electrons. The molecule has 0 unspecified atom stereocenters. The molecule has 0 spiro atoms. The first-order valence-corrected chi connectivity index (χ1v) is 12.5. The molecule has 0 aromatic carbocycles. The van der Waals surface area contributed by atoms with Crippen LogP contribution in [0.5, 0.6) is 0 Å². The number of nitrogens with zero attached hydrogens (tertiary/aromatic N) is 7. The minimum absolute atomic E-state index is 0.0231. The highest BCUT2D eigenvalue weighted by molar-refractivity contribution is 5.66. The first-order valence-electron chi connectivity index (χ1n) is 12.5. The Morgan fingerprint density at radius 3 is 2.27 bits per heavy atom. The molecule has 2 aliphatic heterocycles. The van der Waals surface area contributed by atoms with Gasteiger partial charge < -0.3 is 19.4 Å². The quantitative estimate of drug-likeness (QED) is 0.502. The Morgan fingerprint density at radius 2 is 1.57 bits per heavy atom. The van der Waals surface area contributed by atoms with E-state index in [1.165, 1.54) is 12.3 Å². The zero-order valence-electron chi connectivity index (χ0n) is 20.9. The molecule has 5 heterocycles. The summed E-state index contributed by atoms with van der Waals surface area (Å²) in [5.41, 5.74) is 2.03. The lowest BCUT2D eigenvalue weighted by atomic mass is 10.1. The van der Waals surface area contributed by atoms with Gasteiger partial charge in [0.2, 0.25) is 5.95 Å². The first kappa shape index (κ1) is 25.2. The minimum atomic E-state index is -4.45. The molecule has 0 N–H and O–H groups in total. The van der Waals surface area contributed by atoms with Gasteiger partial charge in [0.25, 0.3) is 0 Å². The Kier molecular flexibility index (Phi) is 7.14. The Hall–Kier alpha value is -3.47. The molecule has 3 aromatic heterocycles. The molecule has 0 atom stereocenters. The number of alkyl halides is 3. The van der Waals surface area contributed by atoms with Crippen LogP contribution in [-0.4, -0.2) is 72.4 Å². The summed E-state index contributed by atoms with van der Waals surface area (Å²) in [6.07, 6.45) is -1.25. The van der Waals surface area contributed by atoms with Crippen molar-refractivity contribution in [2.75, 3.05) is 67.2 Å². The van der Waals surface area contributed by atoms with Crippen LogP contribution in [0.2, 0.25) is 0 Å². The maximum Gasteiger partial charge on any atom is 0.419 e. The Bertz CT molecular complexity index is 1220. The van der Waals surface area contributed by atoms with Gasteiger partial charge in [0.05, 0.1) is 24.5 Å². The van der Waals surface area contributed by atoms with Crippen molar-refractivity contribution in [2.24, 2.45) is 0 Å². The lowest BCUT2D eigenvalue weighted by Crippen LogP contribution is -2.48. The Balaban J connectivity index is 1.43. The van der Waals surface area contributed by atoms with Gasteiger partial charge >= 0.3 is 6.18 Å². The van der Waals surface area contributed by atoms with E-state index in [0.29, 0.717) is 58.4 Å². The number of aromatic nitrogens is 4. The van der Waals surface area contributed by atoms with Gasteiger partial charge in [0.15, 0.2) is 0 Å². The van der Waals surface area contributed by atoms with E-state index in [-0.39, 0.29) is 11.7 Å². The van der Waals surface area contributed by atoms with E-state index in [1.807, 2.05) is 12.1 Å². The minimum Gasteiger partial charge on any atom is -0.378 e. The summed E-state index contributed by atoms with van der Waals surface area (Å²) in [4.78, 5) is 24.2. The summed E-state index contributed by atoms with van der Waals surface area (Å²) in [6.45, 7) is 8.65. The average molecular weight is 514 g/mol. The van der Waals surface area contributed by atoms with Crippen LogP contribution in [0.3, 0.4) is 0 Å². The Labute approximate surface area is 214 Å². The molecule has 2 fully saturated rings. The number of morpholine rings is 1. The molecular formula is C26H30F3N7O. The molecule has 0 aliphatic carbocycles. The smallest absolute Gasteiger partial charge is 0.378 e. The summed E-state index contributed by atoms with van der Waals surface area (Å²) >= 11 is 0. The van der Waals surface area contributed by atoms with Crippen molar-refractivity contribution in [2.45, 2.75) is 25.9 Å². The lowest BCUT2D eigenvalue weighted by Gasteiger charge is -2.37. The third kappa shape index (κ3) is 5.61. The number of anilines is 3. The van der Waals surface area contributed by atoms with Crippen molar-refractivity contribution in [1.29, 1.82) is 0 Å². The summed E-state index contributed by atoms with van der Waals surface area (Å²) in [5, 5.41) is 0. The zero-order chi connectivity index (χ0) is 26.0. The molecule has 0 bridgehead atoms. The standard InChI is InChI=1S/C26H30F3N7O/c1-18(2)21-16-19(5-7-30-21)22-17-23(33-25(32-22)36-12-14-37-15-13-36)34-8-10-35(11-9-34)24-20(26(27,28)29)4-3-6-31-24/h3-7,16-18H,8-15H2,1-2H3. The topological polar surface area (TPSA) is 70.5 Å². The third-order valence-electron chi connectivity index (χ3n) is 6.66. The SMILES string of the molecule is CC(C)c1cc(-c2cc(N3CCN(c4ncccc4C(F)(F)F)CC3)nc(N3CCOCC3)n2)ccn1. The predicted octanol–water partition coefficient (Wildman–Crippen LogP) is 4.24. The van der Waals surface area contributed by atoms with Crippen molar-refractivity contribution in [3.05, 3.63) is 54.0 Å². The van der Waals surface area contributed by atoms with Crippen LogP contribution < -0.4 is 14.7 Å². The normalized spacial score (nSPS) is 17.0. The van der Waals surface area contributed by atoms with Gasteiger partial charge in [-0.1, -0.05) is 13.8 Å². The molecule has 5 rings (SSSR count). The maximum atomic E-state index is 13.5. The van der Waals surface area contributed by atoms with Gasteiger partial charge in [-0.05, 0) is 30.2 Å². The number of hydrogen-bond donors (Lipinski definition) is 0. The van der Waals surface area contributed by atoms with Gasteiger partial charge in [-0.2, -0.15) is 18.2 Å². The largest absolute Gasteiger partial charge is 0.419 e. The highest BCUT2D eigenvalue weighted by Crippen LogP contribution is 2.36. The number of ether oxygens (including phenoxy) is 1. The molecule has 2 aliphatic rings. The summed E-state index contributed by atoms with van der Waals surface area (Å²) in [7, 11) is 0. The van der Waals surface area contributed by atoms with Crippen LogP contribution >= 0.6 is 0 Å². The van der Waals surface area contributed by atoms with Crippen molar-refractivity contribution < 1.29 is 17.9 Å². The second-order valence-electron chi connectivity index (χ2n) is 9.48. The monoisotopic (exact) mass is 513 g/mol. The molecule has 0 saturated carbocycles. The molecule has 11 heteroatoms. The maximum absolute atomic E-state index is 13.5. The van der Waals surface area contributed by atoms with Crippen LogP contribution in [0, 0.1) is 0 Å². The molecule has 8 nitrogen and oxygen atoms in total. The van der Waals surface area contributed by atoms with E-state index in [4.69, 9.17) is 14.7 Å². The van der Waals surface area contributed by atoms with Gasteiger partial charge in [-0.3, -0.25) is 4.98 Å². The van der Waals surface area contributed by atoms with Gasteiger partial charge in [-0.15, -0.1) is 0 Å². The highest BCUT2D eigenvalue weighted by Gasteiger charge is 2.36. The highest BCUT2D eigenvalue weighted by atomic mass is 19.4. The molecule has 3 aromatic rings.